The lowest BCUT2D eigenvalue weighted by Gasteiger charge is -2.42. The molecule has 0 saturated heterocycles. The van der Waals surface area contributed by atoms with Gasteiger partial charge >= 0.3 is 0 Å². The standard InChI is InChI=1S/C16H14/c1-2-6-12-11(5-1)9-10-15-13-7-3-4-8-14(13)16(12)15/h1-6,9-10,13-14H,7-8H2/t13-,14+/m1/s1. The molecule has 0 aromatic heterocycles. The predicted octanol–water partition coefficient (Wildman–Crippen LogP) is 4.37. The molecule has 16 heavy (non-hydrogen) atoms. The van der Waals surface area contributed by atoms with E-state index in [9.17, 15) is 0 Å². The maximum Gasteiger partial charge on any atom is -0.00465 e. The zero-order valence-electron chi connectivity index (χ0n) is 9.19. The molecule has 0 aliphatic heterocycles. The maximum absolute atomic E-state index is 2.35. The summed E-state index contributed by atoms with van der Waals surface area (Å²) in [6, 6.07) is 13.4. The van der Waals surface area contributed by atoms with Gasteiger partial charge in [0.1, 0.15) is 0 Å². The first-order valence-corrected chi connectivity index (χ1v) is 6.12. The molecule has 0 bridgehead atoms. The van der Waals surface area contributed by atoms with Gasteiger partial charge in [-0.25, -0.2) is 0 Å². The molecule has 4 rings (SSSR count). The number of benzene rings is 2. The van der Waals surface area contributed by atoms with Gasteiger partial charge in [0.15, 0.2) is 0 Å². The molecule has 0 unspecified atom stereocenters. The predicted molar refractivity (Wildman–Crippen MR) is 67.8 cm³/mol. The minimum atomic E-state index is 0.797. The van der Waals surface area contributed by atoms with E-state index < -0.39 is 0 Å². The van der Waals surface area contributed by atoms with E-state index in [-0.39, 0.29) is 0 Å². The Hall–Kier alpha value is -1.56. The Kier molecular flexibility index (Phi) is 1.59. The highest BCUT2D eigenvalue weighted by Crippen LogP contribution is 2.54. The van der Waals surface area contributed by atoms with Crippen LogP contribution in [0, 0.1) is 0 Å². The van der Waals surface area contributed by atoms with E-state index in [1.54, 1.807) is 11.1 Å². The third-order valence-electron chi connectivity index (χ3n) is 4.21. The Morgan fingerprint density at radius 3 is 2.56 bits per heavy atom. The van der Waals surface area contributed by atoms with Gasteiger partial charge in [-0.3, -0.25) is 0 Å². The first-order valence-electron chi connectivity index (χ1n) is 6.12. The van der Waals surface area contributed by atoms with Crippen molar-refractivity contribution in [3.8, 4) is 0 Å². The van der Waals surface area contributed by atoms with E-state index in [1.807, 2.05) is 0 Å². The fraction of sp³-hybridized carbons (Fsp3) is 0.250. The van der Waals surface area contributed by atoms with Crippen LogP contribution >= 0.6 is 0 Å². The highest BCUT2D eigenvalue weighted by Gasteiger charge is 2.38. The van der Waals surface area contributed by atoms with Gasteiger partial charge in [0.05, 0.1) is 0 Å². The second kappa shape index (κ2) is 2.98. The Morgan fingerprint density at radius 1 is 0.812 bits per heavy atom. The van der Waals surface area contributed by atoms with Crippen LogP contribution in [0.5, 0.6) is 0 Å². The molecule has 0 amide bonds. The van der Waals surface area contributed by atoms with E-state index in [4.69, 9.17) is 0 Å². The van der Waals surface area contributed by atoms with Crippen molar-refractivity contribution in [1.82, 2.24) is 0 Å². The summed E-state index contributed by atoms with van der Waals surface area (Å²) in [6.45, 7) is 0. The number of hydrogen-bond donors (Lipinski definition) is 0. The molecule has 2 atom stereocenters. The molecule has 0 fully saturated rings. The lowest BCUT2D eigenvalue weighted by molar-refractivity contribution is 0.464. The van der Waals surface area contributed by atoms with E-state index in [2.05, 4.69) is 48.6 Å². The molecule has 0 saturated carbocycles. The van der Waals surface area contributed by atoms with Crippen molar-refractivity contribution in [2.24, 2.45) is 0 Å². The zero-order chi connectivity index (χ0) is 10.5. The molecule has 0 radical (unpaired) electrons. The molecule has 0 nitrogen and oxygen atoms in total. The lowest BCUT2D eigenvalue weighted by Crippen LogP contribution is -2.25. The summed E-state index contributed by atoms with van der Waals surface area (Å²) >= 11 is 0. The van der Waals surface area contributed by atoms with Crippen molar-refractivity contribution in [2.75, 3.05) is 0 Å². The van der Waals surface area contributed by atoms with Crippen LogP contribution in [0.4, 0.5) is 0 Å². The molecular formula is C16H14. The van der Waals surface area contributed by atoms with Crippen LogP contribution in [0.2, 0.25) is 0 Å². The lowest BCUT2D eigenvalue weighted by atomic mass is 9.62. The number of allylic oxidation sites excluding steroid dienone is 2. The van der Waals surface area contributed by atoms with Crippen LogP contribution in [0.15, 0.2) is 48.6 Å². The maximum atomic E-state index is 2.35. The SMILES string of the molecule is C1=CC[C@H]2c3ccc4ccccc4c3[C@H]2C1. The minimum Gasteiger partial charge on any atom is -0.0879 e. The van der Waals surface area contributed by atoms with Gasteiger partial charge in [0.25, 0.3) is 0 Å². The monoisotopic (exact) mass is 206 g/mol. The molecule has 2 aromatic rings. The van der Waals surface area contributed by atoms with Crippen molar-refractivity contribution < 1.29 is 0 Å². The summed E-state index contributed by atoms with van der Waals surface area (Å²) in [6.07, 6.45) is 7.19. The highest BCUT2D eigenvalue weighted by molar-refractivity contribution is 5.89. The van der Waals surface area contributed by atoms with Gasteiger partial charge in [-0.05, 0) is 46.6 Å². The molecular weight excluding hydrogens is 192 g/mol. The Labute approximate surface area is 95.6 Å². The Balaban J connectivity index is 2.00. The van der Waals surface area contributed by atoms with Crippen LogP contribution in [0.25, 0.3) is 10.8 Å². The number of rotatable bonds is 0. The molecule has 0 heterocycles. The summed E-state index contributed by atoms with van der Waals surface area (Å²) in [5, 5.41) is 2.88. The van der Waals surface area contributed by atoms with Crippen molar-refractivity contribution in [1.29, 1.82) is 0 Å². The van der Waals surface area contributed by atoms with Gasteiger partial charge < -0.3 is 0 Å². The highest BCUT2D eigenvalue weighted by atomic mass is 14.4. The van der Waals surface area contributed by atoms with Gasteiger partial charge in [-0.2, -0.15) is 0 Å². The molecule has 78 valence electrons. The van der Waals surface area contributed by atoms with Crippen molar-refractivity contribution in [3.63, 3.8) is 0 Å². The van der Waals surface area contributed by atoms with Crippen molar-refractivity contribution in [2.45, 2.75) is 24.7 Å². The molecule has 2 aliphatic rings. The zero-order valence-corrected chi connectivity index (χ0v) is 9.19. The molecule has 0 heteroatoms. The fourth-order valence-corrected chi connectivity index (χ4v) is 3.43. The fourth-order valence-electron chi connectivity index (χ4n) is 3.43. The first-order chi connectivity index (χ1) is 7.95. The van der Waals surface area contributed by atoms with Crippen LogP contribution in [-0.4, -0.2) is 0 Å². The quantitative estimate of drug-likeness (QED) is 0.561. The number of fused-ring (bicyclic) bond motifs is 6. The average molecular weight is 206 g/mol. The molecule has 0 N–H and O–H groups in total. The van der Waals surface area contributed by atoms with Crippen molar-refractivity contribution >= 4 is 10.8 Å². The van der Waals surface area contributed by atoms with E-state index in [0.29, 0.717) is 0 Å². The Bertz CT molecular complexity index is 592. The van der Waals surface area contributed by atoms with Gasteiger partial charge in [0.2, 0.25) is 0 Å². The molecule has 2 aromatic carbocycles. The van der Waals surface area contributed by atoms with Gasteiger partial charge in [-0.1, -0.05) is 48.6 Å². The second-order valence-corrected chi connectivity index (χ2v) is 4.95. The van der Waals surface area contributed by atoms with Crippen LogP contribution in [0.1, 0.15) is 35.8 Å². The largest absolute Gasteiger partial charge is 0.0879 e. The average Bonchev–Trinajstić information content (AvgIpc) is 2.34. The van der Waals surface area contributed by atoms with Gasteiger partial charge in [0, 0.05) is 0 Å². The van der Waals surface area contributed by atoms with Crippen molar-refractivity contribution in [3.05, 3.63) is 59.7 Å². The van der Waals surface area contributed by atoms with E-state index >= 15 is 0 Å². The van der Waals surface area contributed by atoms with Gasteiger partial charge in [-0.15, -0.1) is 0 Å². The third kappa shape index (κ3) is 0.948. The summed E-state index contributed by atoms with van der Waals surface area (Å²) in [7, 11) is 0. The van der Waals surface area contributed by atoms with Crippen LogP contribution in [-0.2, 0) is 0 Å². The summed E-state index contributed by atoms with van der Waals surface area (Å²) in [5.41, 5.74) is 3.24. The van der Waals surface area contributed by atoms with Crippen LogP contribution in [0.3, 0.4) is 0 Å². The molecule has 0 spiro atoms. The smallest absolute Gasteiger partial charge is 0.00465 e. The topological polar surface area (TPSA) is 0 Å². The third-order valence-corrected chi connectivity index (χ3v) is 4.21. The second-order valence-electron chi connectivity index (χ2n) is 4.95. The summed E-state index contributed by atoms with van der Waals surface area (Å²) < 4.78 is 0. The number of hydrogen-bond acceptors (Lipinski definition) is 0. The van der Waals surface area contributed by atoms with E-state index in [1.165, 1.54) is 23.6 Å². The molecule has 2 aliphatic carbocycles. The minimum absolute atomic E-state index is 0.797. The summed E-state index contributed by atoms with van der Waals surface area (Å²) in [4.78, 5) is 0. The summed E-state index contributed by atoms with van der Waals surface area (Å²) in [5.74, 6) is 1.61. The Morgan fingerprint density at radius 2 is 1.62 bits per heavy atom. The van der Waals surface area contributed by atoms with E-state index in [0.717, 1.165) is 11.8 Å². The van der Waals surface area contributed by atoms with Crippen LogP contribution < -0.4 is 0 Å². The first kappa shape index (κ1) is 8.58. The normalized spacial score (nSPS) is 26.0.